The number of hydrogen-bond donors (Lipinski definition) is 2. The fourth-order valence-corrected chi connectivity index (χ4v) is 3.85. The van der Waals surface area contributed by atoms with Crippen LogP contribution in [-0.2, 0) is 10.0 Å². The molecule has 1 atom stereocenters. The van der Waals surface area contributed by atoms with Crippen molar-refractivity contribution in [3.63, 3.8) is 0 Å². The van der Waals surface area contributed by atoms with Crippen LogP contribution in [0, 0.1) is 5.92 Å². The molecule has 1 aliphatic carbocycles. The third-order valence-corrected chi connectivity index (χ3v) is 5.37. The molecule has 1 aromatic carbocycles. The van der Waals surface area contributed by atoms with E-state index in [1.807, 2.05) is 24.1 Å². The van der Waals surface area contributed by atoms with Crippen LogP contribution < -0.4 is 15.4 Å². The molecule has 1 unspecified atom stereocenters. The van der Waals surface area contributed by atoms with E-state index in [2.05, 4.69) is 4.72 Å². The van der Waals surface area contributed by atoms with Gasteiger partial charge in [-0.3, -0.25) is 0 Å². The number of nitrogens with zero attached hydrogens (tertiary/aromatic N) is 1. The van der Waals surface area contributed by atoms with Gasteiger partial charge in [0.05, 0.1) is 5.69 Å². The van der Waals surface area contributed by atoms with E-state index in [1.54, 1.807) is 19.1 Å². The predicted octanol–water partition coefficient (Wildman–Crippen LogP) is 1.16. The standard InChI is InChI=1S/C14H23N3O2S/c1-3-16-20(18,19)14-7-5-4-6-12(14)17(2)13(10-15)11-8-9-11/h4-7,11,13,16H,3,8-10,15H2,1-2H3. The van der Waals surface area contributed by atoms with E-state index in [0.717, 1.165) is 5.69 Å². The van der Waals surface area contributed by atoms with Crippen molar-refractivity contribution in [2.24, 2.45) is 11.7 Å². The highest BCUT2D eigenvalue weighted by molar-refractivity contribution is 7.89. The van der Waals surface area contributed by atoms with Crippen LogP contribution >= 0.6 is 0 Å². The molecular formula is C14H23N3O2S. The summed E-state index contributed by atoms with van der Waals surface area (Å²) in [6.07, 6.45) is 2.35. The Kier molecular flexibility index (Phi) is 4.67. The quantitative estimate of drug-likeness (QED) is 0.792. The summed E-state index contributed by atoms with van der Waals surface area (Å²) in [5.41, 5.74) is 6.58. The molecule has 1 saturated carbocycles. The molecule has 2 rings (SSSR count). The van der Waals surface area contributed by atoms with Crippen molar-refractivity contribution in [1.82, 2.24) is 4.72 Å². The third kappa shape index (κ3) is 3.13. The van der Waals surface area contributed by atoms with E-state index in [-0.39, 0.29) is 6.04 Å². The summed E-state index contributed by atoms with van der Waals surface area (Å²) in [4.78, 5) is 2.34. The number of para-hydroxylation sites is 1. The van der Waals surface area contributed by atoms with Crippen LogP contribution in [0.5, 0.6) is 0 Å². The Morgan fingerprint density at radius 1 is 1.40 bits per heavy atom. The average Bonchev–Trinajstić information content (AvgIpc) is 3.24. The van der Waals surface area contributed by atoms with Crippen molar-refractivity contribution < 1.29 is 8.42 Å². The molecule has 0 radical (unpaired) electrons. The van der Waals surface area contributed by atoms with Gasteiger partial charge in [-0.15, -0.1) is 0 Å². The van der Waals surface area contributed by atoms with Crippen LogP contribution in [0.1, 0.15) is 19.8 Å². The van der Waals surface area contributed by atoms with Gasteiger partial charge in [-0.2, -0.15) is 0 Å². The Morgan fingerprint density at radius 3 is 2.60 bits per heavy atom. The molecule has 1 aliphatic rings. The summed E-state index contributed by atoms with van der Waals surface area (Å²) < 4.78 is 27.1. The molecule has 0 amide bonds. The fourth-order valence-electron chi connectivity index (χ4n) is 2.57. The lowest BCUT2D eigenvalue weighted by Gasteiger charge is -2.30. The molecule has 3 N–H and O–H groups in total. The first kappa shape index (κ1) is 15.3. The molecule has 20 heavy (non-hydrogen) atoms. The second-order valence-electron chi connectivity index (χ2n) is 5.22. The van der Waals surface area contributed by atoms with Gasteiger partial charge in [0, 0.05) is 26.2 Å². The lowest BCUT2D eigenvalue weighted by atomic mass is 10.1. The van der Waals surface area contributed by atoms with Crippen LogP contribution in [0.4, 0.5) is 5.69 Å². The minimum absolute atomic E-state index is 0.202. The number of sulfonamides is 1. The number of nitrogens with two attached hydrogens (primary N) is 1. The van der Waals surface area contributed by atoms with Crippen molar-refractivity contribution in [2.45, 2.75) is 30.7 Å². The van der Waals surface area contributed by atoms with Gasteiger partial charge in [-0.25, -0.2) is 13.1 Å². The van der Waals surface area contributed by atoms with E-state index in [0.29, 0.717) is 23.9 Å². The molecule has 112 valence electrons. The summed E-state index contributed by atoms with van der Waals surface area (Å²) in [6.45, 7) is 2.69. The van der Waals surface area contributed by atoms with Gasteiger partial charge in [-0.1, -0.05) is 19.1 Å². The van der Waals surface area contributed by atoms with E-state index < -0.39 is 10.0 Å². The summed E-state index contributed by atoms with van der Waals surface area (Å²) in [5.74, 6) is 0.583. The Morgan fingerprint density at radius 2 is 2.05 bits per heavy atom. The van der Waals surface area contributed by atoms with Crippen LogP contribution in [0.15, 0.2) is 29.2 Å². The second kappa shape index (κ2) is 6.11. The minimum atomic E-state index is -3.47. The van der Waals surface area contributed by atoms with E-state index in [4.69, 9.17) is 5.73 Å². The molecule has 5 nitrogen and oxygen atoms in total. The molecule has 0 aromatic heterocycles. The highest BCUT2D eigenvalue weighted by atomic mass is 32.2. The molecule has 0 saturated heterocycles. The highest BCUT2D eigenvalue weighted by Crippen LogP contribution is 2.37. The zero-order valence-corrected chi connectivity index (χ0v) is 12.9. The van der Waals surface area contributed by atoms with Crippen molar-refractivity contribution in [3.05, 3.63) is 24.3 Å². The Hall–Kier alpha value is -1.11. The number of hydrogen-bond acceptors (Lipinski definition) is 4. The van der Waals surface area contributed by atoms with Crippen LogP contribution in [0.25, 0.3) is 0 Å². The van der Waals surface area contributed by atoms with Crippen molar-refractivity contribution in [3.8, 4) is 0 Å². The Balaban J connectivity index is 2.36. The number of benzene rings is 1. The first-order valence-corrected chi connectivity index (χ1v) is 8.51. The van der Waals surface area contributed by atoms with E-state index >= 15 is 0 Å². The highest BCUT2D eigenvalue weighted by Gasteiger charge is 2.34. The van der Waals surface area contributed by atoms with Crippen molar-refractivity contribution in [1.29, 1.82) is 0 Å². The van der Waals surface area contributed by atoms with E-state index in [9.17, 15) is 8.42 Å². The first-order chi connectivity index (χ1) is 9.51. The normalized spacial score (nSPS) is 16.9. The van der Waals surface area contributed by atoms with Gasteiger partial charge < -0.3 is 10.6 Å². The molecule has 0 heterocycles. The molecular weight excluding hydrogens is 274 g/mol. The second-order valence-corrected chi connectivity index (χ2v) is 6.96. The summed E-state index contributed by atoms with van der Waals surface area (Å²) >= 11 is 0. The molecule has 6 heteroatoms. The topological polar surface area (TPSA) is 75.4 Å². The summed E-state index contributed by atoms with van der Waals surface area (Å²) in [5, 5.41) is 0. The van der Waals surface area contributed by atoms with Gasteiger partial charge in [0.2, 0.25) is 10.0 Å². The minimum Gasteiger partial charge on any atom is -0.369 e. The van der Waals surface area contributed by atoms with Crippen LogP contribution in [-0.4, -0.2) is 34.6 Å². The average molecular weight is 297 g/mol. The van der Waals surface area contributed by atoms with Crippen LogP contribution in [0.3, 0.4) is 0 Å². The molecule has 1 aromatic rings. The maximum Gasteiger partial charge on any atom is 0.242 e. The number of likely N-dealkylation sites (N-methyl/N-ethyl adjacent to an activating group) is 1. The smallest absolute Gasteiger partial charge is 0.242 e. The molecule has 1 fully saturated rings. The largest absolute Gasteiger partial charge is 0.369 e. The van der Waals surface area contributed by atoms with E-state index in [1.165, 1.54) is 12.8 Å². The lowest BCUT2D eigenvalue weighted by molar-refractivity contribution is 0.562. The zero-order valence-electron chi connectivity index (χ0n) is 12.0. The van der Waals surface area contributed by atoms with Gasteiger partial charge in [0.15, 0.2) is 0 Å². The summed E-state index contributed by atoms with van der Waals surface area (Å²) in [7, 11) is -1.54. The number of rotatable bonds is 7. The maximum absolute atomic E-state index is 12.3. The predicted molar refractivity (Wildman–Crippen MR) is 81.3 cm³/mol. The molecule has 0 aliphatic heterocycles. The first-order valence-electron chi connectivity index (χ1n) is 7.02. The zero-order chi connectivity index (χ0) is 14.8. The number of nitrogens with one attached hydrogen (secondary N) is 1. The maximum atomic E-state index is 12.3. The van der Waals surface area contributed by atoms with Crippen molar-refractivity contribution in [2.75, 3.05) is 25.0 Å². The Bertz CT molecular complexity index is 555. The third-order valence-electron chi connectivity index (χ3n) is 3.77. The monoisotopic (exact) mass is 297 g/mol. The van der Waals surface area contributed by atoms with Gasteiger partial charge >= 0.3 is 0 Å². The SMILES string of the molecule is CCNS(=O)(=O)c1ccccc1N(C)C(CN)C1CC1. The fraction of sp³-hybridized carbons (Fsp3) is 0.571. The molecule has 0 bridgehead atoms. The van der Waals surface area contributed by atoms with Crippen LogP contribution in [0.2, 0.25) is 0 Å². The Labute approximate surface area is 121 Å². The summed E-state index contributed by atoms with van der Waals surface area (Å²) in [6, 6.07) is 7.29. The van der Waals surface area contributed by atoms with Gasteiger partial charge in [0.25, 0.3) is 0 Å². The number of anilines is 1. The lowest BCUT2D eigenvalue weighted by Crippen LogP contribution is -2.40. The van der Waals surface area contributed by atoms with Crippen molar-refractivity contribution >= 4 is 15.7 Å². The molecule has 0 spiro atoms. The van der Waals surface area contributed by atoms with Gasteiger partial charge in [-0.05, 0) is 30.9 Å². The van der Waals surface area contributed by atoms with Gasteiger partial charge in [0.1, 0.15) is 4.90 Å².